The highest BCUT2D eigenvalue weighted by molar-refractivity contribution is 5.94. The van der Waals surface area contributed by atoms with E-state index in [4.69, 9.17) is 0 Å². The standard InChI is InChI=1S/C24H27N3O2/c1-14-11-17(4)23(18(5)12-14)25-24(29)19(6)27-22(28)10-9-21(26-27)20-8-7-15(2)16(3)13-20/h7-13,19H,1-6H3,(H,25,29)/t19-/m1/s1. The zero-order valence-corrected chi connectivity index (χ0v) is 17.8. The molecule has 0 bridgehead atoms. The molecule has 5 nitrogen and oxygen atoms in total. The molecule has 0 unspecified atom stereocenters. The van der Waals surface area contributed by atoms with Gasteiger partial charge in [0.25, 0.3) is 5.56 Å². The zero-order valence-electron chi connectivity index (χ0n) is 17.8. The van der Waals surface area contributed by atoms with Crippen LogP contribution in [-0.2, 0) is 4.79 Å². The fourth-order valence-corrected chi connectivity index (χ4v) is 3.47. The summed E-state index contributed by atoms with van der Waals surface area (Å²) in [4.78, 5) is 25.3. The Morgan fingerprint density at radius 1 is 0.897 bits per heavy atom. The molecule has 1 aromatic heterocycles. The van der Waals surface area contributed by atoms with E-state index in [1.165, 1.54) is 16.3 Å². The average Bonchev–Trinajstić information content (AvgIpc) is 2.66. The van der Waals surface area contributed by atoms with Crippen LogP contribution in [0.3, 0.4) is 0 Å². The first-order valence-electron chi connectivity index (χ1n) is 9.73. The van der Waals surface area contributed by atoms with Crippen molar-refractivity contribution in [3.63, 3.8) is 0 Å². The fourth-order valence-electron chi connectivity index (χ4n) is 3.47. The Morgan fingerprint density at radius 3 is 2.17 bits per heavy atom. The summed E-state index contributed by atoms with van der Waals surface area (Å²) in [5.74, 6) is -0.271. The molecule has 0 aliphatic carbocycles. The number of rotatable bonds is 4. The molecule has 2 aromatic carbocycles. The minimum absolute atomic E-state index is 0.271. The van der Waals surface area contributed by atoms with Crippen LogP contribution in [0.2, 0.25) is 0 Å². The second-order valence-corrected chi connectivity index (χ2v) is 7.74. The molecule has 1 atom stereocenters. The molecule has 29 heavy (non-hydrogen) atoms. The highest BCUT2D eigenvalue weighted by Gasteiger charge is 2.20. The molecule has 0 aliphatic rings. The number of hydrogen-bond donors (Lipinski definition) is 1. The molecule has 0 saturated carbocycles. The van der Waals surface area contributed by atoms with Crippen LogP contribution in [0.25, 0.3) is 11.3 Å². The third kappa shape index (κ3) is 4.29. The van der Waals surface area contributed by atoms with Crippen molar-refractivity contribution >= 4 is 11.6 Å². The van der Waals surface area contributed by atoms with Gasteiger partial charge in [-0.25, -0.2) is 4.68 Å². The van der Waals surface area contributed by atoms with Crippen LogP contribution >= 0.6 is 0 Å². The van der Waals surface area contributed by atoms with Crippen LogP contribution in [0.5, 0.6) is 0 Å². The van der Waals surface area contributed by atoms with Crippen molar-refractivity contribution in [2.45, 2.75) is 47.6 Å². The zero-order chi connectivity index (χ0) is 21.3. The van der Waals surface area contributed by atoms with Crippen molar-refractivity contribution in [1.29, 1.82) is 0 Å². The molecule has 0 spiro atoms. The van der Waals surface area contributed by atoms with Crippen molar-refractivity contribution < 1.29 is 4.79 Å². The van der Waals surface area contributed by atoms with Gasteiger partial charge in [0.2, 0.25) is 5.91 Å². The summed E-state index contributed by atoms with van der Waals surface area (Å²) in [6.45, 7) is 11.7. The summed E-state index contributed by atoms with van der Waals surface area (Å²) in [5.41, 5.74) is 7.53. The number of amides is 1. The van der Waals surface area contributed by atoms with E-state index in [0.29, 0.717) is 5.69 Å². The van der Waals surface area contributed by atoms with E-state index in [2.05, 4.69) is 17.3 Å². The maximum atomic E-state index is 12.9. The summed E-state index contributed by atoms with van der Waals surface area (Å²) < 4.78 is 1.25. The Hall–Kier alpha value is -3.21. The number of carbonyl (C=O) groups is 1. The number of nitrogens with zero attached hydrogens (tertiary/aromatic N) is 2. The second-order valence-electron chi connectivity index (χ2n) is 7.74. The van der Waals surface area contributed by atoms with E-state index in [9.17, 15) is 9.59 Å². The predicted octanol–water partition coefficient (Wildman–Crippen LogP) is 4.65. The van der Waals surface area contributed by atoms with Crippen LogP contribution in [0.1, 0.15) is 40.8 Å². The molecule has 3 rings (SSSR count). The van der Waals surface area contributed by atoms with Crippen LogP contribution in [0.15, 0.2) is 47.3 Å². The fraction of sp³-hybridized carbons (Fsp3) is 0.292. The predicted molar refractivity (Wildman–Crippen MR) is 117 cm³/mol. The summed E-state index contributed by atoms with van der Waals surface area (Å²) in [6, 6.07) is 12.5. The number of aryl methyl sites for hydroxylation is 5. The molecular formula is C24H27N3O2. The third-order valence-corrected chi connectivity index (χ3v) is 5.30. The van der Waals surface area contributed by atoms with Gasteiger partial charge in [-0.2, -0.15) is 5.10 Å². The van der Waals surface area contributed by atoms with Gasteiger partial charge < -0.3 is 5.32 Å². The molecule has 3 aromatic rings. The van der Waals surface area contributed by atoms with E-state index < -0.39 is 6.04 Å². The lowest BCUT2D eigenvalue weighted by Crippen LogP contribution is -2.33. The van der Waals surface area contributed by atoms with Crippen molar-refractivity contribution in [3.05, 3.63) is 80.6 Å². The Labute approximate surface area is 171 Å². The van der Waals surface area contributed by atoms with Gasteiger partial charge in [-0.15, -0.1) is 0 Å². The van der Waals surface area contributed by atoms with Gasteiger partial charge in [-0.1, -0.05) is 29.8 Å². The van der Waals surface area contributed by atoms with Crippen molar-refractivity contribution in [1.82, 2.24) is 9.78 Å². The molecule has 0 saturated heterocycles. The Kier molecular flexibility index (Phi) is 5.69. The van der Waals surface area contributed by atoms with Crippen molar-refractivity contribution in [2.75, 3.05) is 5.32 Å². The van der Waals surface area contributed by atoms with Crippen molar-refractivity contribution in [3.8, 4) is 11.3 Å². The van der Waals surface area contributed by atoms with Crippen LogP contribution in [0.4, 0.5) is 5.69 Å². The number of nitrogens with one attached hydrogen (secondary N) is 1. The first-order valence-corrected chi connectivity index (χ1v) is 9.73. The maximum absolute atomic E-state index is 12.9. The van der Waals surface area contributed by atoms with Crippen LogP contribution in [-0.4, -0.2) is 15.7 Å². The quantitative estimate of drug-likeness (QED) is 0.706. The van der Waals surface area contributed by atoms with E-state index in [1.54, 1.807) is 13.0 Å². The first-order chi connectivity index (χ1) is 13.7. The molecule has 1 amide bonds. The molecular weight excluding hydrogens is 362 g/mol. The highest BCUT2D eigenvalue weighted by atomic mass is 16.2. The Bertz CT molecular complexity index is 1120. The van der Waals surface area contributed by atoms with Gasteiger partial charge in [0.05, 0.1) is 5.69 Å². The van der Waals surface area contributed by atoms with Crippen LogP contribution in [0, 0.1) is 34.6 Å². The summed E-state index contributed by atoms with van der Waals surface area (Å²) in [6.07, 6.45) is 0. The topological polar surface area (TPSA) is 64.0 Å². The number of hydrogen-bond acceptors (Lipinski definition) is 3. The van der Waals surface area contributed by atoms with Gasteiger partial charge >= 0.3 is 0 Å². The summed E-state index contributed by atoms with van der Waals surface area (Å²) in [7, 11) is 0. The summed E-state index contributed by atoms with van der Waals surface area (Å²) in [5, 5.41) is 7.45. The lowest BCUT2D eigenvalue weighted by molar-refractivity contribution is -0.119. The molecule has 5 heteroatoms. The molecule has 1 N–H and O–H groups in total. The average molecular weight is 389 g/mol. The monoisotopic (exact) mass is 389 g/mol. The Balaban J connectivity index is 1.92. The first kappa shape index (κ1) is 20.5. The molecule has 1 heterocycles. The number of anilines is 1. The van der Waals surface area contributed by atoms with Gasteiger partial charge in [0.15, 0.2) is 0 Å². The van der Waals surface area contributed by atoms with E-state index in [-0.39, 0.29) is 11.5 Å². The van der Waals surface area contributed by atoms with Crippen LogP contribution < -0.4 is 10.9 Å². The lowest BCUT2D eigenvalue weighted by atomic mass is 10.0. The second kappa shape index (κ2) is 8.03. The molecule has 0 aliphatic heterocycles. The SMILES string of the molecule is Cc1cc(C)c(NC(=O)[C@@H](C)n2nc(-c3ccc(C)c(C)c3)ccc2=O)c(C)c1. The van der Waals surface area contributed by atoms with E-state index >= 15 is 0 Å². The Morgan fingerprint density at radius 2 is 1.55 bits per heavy atom. The molecule has 0 radical (unpaired) electrons. The summed E-state index contributed by atoms with van der Waals surface area (Å²) >= 11 is 0. The molecule has 150 valence electrons. The minimum atomic E-state index is -0.742. The highest BCUT2D eigenvalue weighted by Crippen LogP contribution is 2.23. The number of benzene rings is 2. The van der Waals surface area contributed by atoms with Gasteiger partial charge in [0, 0.05) is 17.3 Å². The molecule has 0 fully saturated rings. The van der Waals surface area contributed by atoms with Gasteiger partial charge in [-0.3, -0.25) is 9.59 Å². The van der Waals surface area contributed by atoms with Crippen molar-refractivity contribution in [2.24, 2.45) is 0 Å². The van der Waals surface area contributed by atoms with Gasteiger partial charge in [-0.05, 0) is 75.9 Å². The minimum Gasteiger partial charge on any atom is -0.324 e. The third-order valence-electron chi connectivity index (χ3n) is 5.30. The lowest BCUT2D eigenvalue weighted by Gasteiger charge is -2.18. The van der Waals surface area contributed by atoms with E-state index in [1.807, 2.05) is 58.0 Å². The van der Waals surface area contributed by atoms with E-state index in [0.717, 1.165) is 33.5 Å². The number of aromatic nitrogens is 2. The smallest absolute Gasteiger partial charge is 0.267 e. The normalized spacial score (nSPS) is 11.9. The maximum Gasteiger partial charge on any atom is 0.267 e. The number of carbonyl (C=O) groups excluding carboxylic acids is 1. The van der Waals surface area contributed by atoms with Gasteiger partial charge in [0.1, 0.15) is 6.04 Å². The largest absolute Gasteiger partial charge is 0.324 e.